The fraction of sp³-hybridized carbons (Fsp3) is 0.222. The van der Waals surface area contributed by atoms with E-state index < -0.39 is 6.04 Å². The highest BCUT2D eigenvalue weighted by molar-refractivity contribution is 6.06. The molecule has 3 heterocycles. The number of fused-ring (bicyclic) bond motifs is 1. The van der Waals surface area contributed by atoms with Crippen LogP contribution in [0, 0.1) is 0 Å². The van der Waals surface area contributed by atoms with Crippen molar-refractivity contribution in [2.45, 2.75) is 19.9 Å². The highest BCUT2D eigenvalue weighted by atomic mass is 16.5. The molecule has 4 rings (SSSR count). The molecule has 0 saturated heterocycles. The quantitative estimate of drug-likeness (QED) is 0.714. The largest absolute Gasteiger partial charge is 0.492 e. The summed E-state index contributed by atoms with van der Waals surface area (Å²) < 4.78 is 12.7. The molecule has 27 heavy (non-hydrogen) atoms. The minimum absolute atomic E-state index is 0.297. The number of amides is 1. The molecule has 1 atom stereocenters. The van der Waals surface area contributed by atoms with Crippen molar-refractivity contribution in [2.24, 2.45) is 0 Å². The van der Waals surface area contributed by atoms with E-state index in [2.05, 4.69) is 26.2 Å². The van der Waals surface area contributed by atoms with Gasteiger partial charge in [-0.1, -0.05) is 17.2 Å². The highest BCUT2D eigenvalue weighted by Crippen LogP contribution is 2.35. The topological polar surface area (TPSA) is 107 Å². The maximum atomic E-state index is 13.2. The van der Waals surface area contributed by atoms with Crippen LogP contribution in [0.1, 0.15) is 25.6 Å². The van der Waals surface area contributed by atoms with E-state index in [-0.39, 0.29) is 5.91 Å². The van der Waals surface area contributed by atoms with Gasteiger partial charge < -0.3 is 19.8 Å². The summed E-state index contributed by atoms with van der Waals surface area (Å²) in [5.74, 6) is 1.32. The Morgan fingerprint density at radius 3 is 2.96 bits per heavy atom. The van der Waals surface area contributed by atoms with Crippen molar-refractivity contribution < 1.29 is 13.9 Å². The third kappa shape index (κ3) is 3.03. The minimum atomic E-state index is -0.578. The number of hydrogen-bond acceptors (Lipinski definition) is 7. The Balaban J connectivity index is 1.72. The molecule has 0 saturated carbocycles. The number of anilines is 2. The van der Waals surface area contributed by atoms with E-state index in [9.17, 15) is 4.79 Å². The zero-order valence-electron chi connectivity index (χ0n) is 14.8. The Kier molecular flexibility index (Phi) is 4.33. The molecule has 2 aromatic heterocycles. The van der Waals surface area contributed by atoms with Crippen LogP contribution < -0.4 is 15.4 Å². The SMILES string of the molecule is CCOc1ccccc1NC(=O)C1=C(C)Nc2nnnn2C1c1ccco1. The van der Waals surface area contributed by atoms with Gasteiger partial charge in [-0.25, -0.2) is 0 Å². The summed E-state index contributed by atoms with van der Waals surface area (Å²) in [5, 5.41) is 17.6. The number of furan rings is 1. The van der Waals surface area contributed by atoms with Gasteiger partial charge in [0.1, 0.15) is 17.6 Å². The Labute approximate surface area is 155 Å². The summed E-state index contributed by atoms with van der Waals surface area (Å²) >= 11 is 0. The van der Waals surface area contributed by atoms with Crippen LogP contribution >= 0.6 is 0 Å². The molecule has 0 fully saturated rings. The zero-order chi connectivity index (χ0) is 18.8. The van der Waals surface area contributed by atoms with Gasteiger partial charge in [-0.15, -0.1) is 0 Å². The summed E-state index contributed by atoms with van der Waals surface area (Å²) in [5.41, 5.74) is 1.69. The van der Waals surface area contributed by atoms with Crippen LogP contribution in [0.15, 0.2) is 58.3 Å². The Morgan fingerprint density at radius 1 is 1.33 bits per heavy atom. The van der Waals surface area contributed by atoms with E-state index >= 15 is 0 Å². The standard InChI is InChI=1S/C18H18N6O3/c1-3-26-13-8-5-4-7-12(13)20-17(25)15-11(2)19-18-21-22-23-24(18)16(15)14-9-6-10-27-14/h4-10,16H,3H2,1-2H3,(H,20,25)(H,19,21,23). The molecule has 1 amide bonds. The number of aromatic nitrogens is 4. The number of hydrogen-bond donors (Lipinski definition) is 2. The molecule has 0 aliphatic carbocycles. The summed E-state index contributed by atoms with van der Waals surface area (Å²) in [7, 11) is 0. The molecule has 0 radical (unpaired) electrons. The van der Waals surface area contributed by atoms with Gasteiger partial charge in [0.2, 0.25) is 5.95 Å². The minimum Gasteiger partial charge on any atom is -0.492 e. The number of nitrogens with zero attached hydrogens (tertiary/aromatic N) is 4. The molecule has 138 valence electrons. The number of carbonyl (C=O) groups excluding carboxylic acids is 1. The first kappa shape index (κ1) is 16.8. The van der Waals surface area contributed by atoms with Crippen molar-refractivity contribution in [2.75, 3.05) is 17.2 Å². The van der Waals surface area contributed by atoms with E-state index in [1.807, 2.05) is 25.1 Å². The average molecular weight is 366 g/mol. The number of nitrogens with one attached hydrogen (secondary N) is 2. The van der Waals surface area contributed by atoms with Gasteiger partial charge in [0.15, 0.2) is 0 Å². The molecule has 0 bridgehead atoms. The molecular formula is C18H18N6O3. The third-order valence-electron chi connectivity index (χ3n) is 4.21. The highest BCUT2D eigenvalue weighted by Gasteiger charge is 2.35. The van der Waals surface area contributed by atoms with Gasteiger partial charge in [0.25, 0.3) is 5.91 Å². The van der Waals surface area contributed by atoms with Gasteiger partial charge >= 0.3 is 0 Å². The van der Waals surface area contributed by atoms with Crippen LogP contribution in [0.2, 0.25) is 0 Å². The number of rotatable bonds is 5. The smallest absolute Gasteiger partial charge is 0.256 e. The average Bonchev–Trinajstić information content (AvgIpc) is 3.33. The van der Waals surface area contributed by atoms with Crippen LogP contribution in [0.5, 0.6) is 5.75 Å². The summed E-state index contributed by atoms with van der Waals surface area (Å²) in [6.45, 7) is 4.19. The predicted octanol–water partition coefficient (Wildman–Crippen LogP) is 2.59. The van der Waals surface area contributed by atoms with Gasteiger partial charge in [-0.05, 0) is 48.5 Å². The number of tetrazole rings is 1. The Bertz CT molecular complexity index is 992. The van der Waals surface area contributed by atoms with Gasteiger partial charge in [-0.3, -0.25) is 4.79 Å². The zero-order valence-corrected chi connectivity index (χ0v) is 14.8. The normalized spacial score (nSPS) is 15.9. The first-order valence-electron chi connectivity index (χ1n) is 8.51. The molecule has 1 aliphatic heterocycles. The molecule has 1 aliphatic rings. The third-order valence-corrected chi connectivity index (χ3v) is 4.21. The van der Waals surface area contributed by atoms with Crippen LogP contribution in [-0.4, -0.2) is 32.7 Å². The van der Waals surface area contributed by atoms with Crippen molar-refractivity contribution in [1.82, 2.24) is 20.2 Å². The number of allylic oxidation sites excluding steroid dienone is 1. The lowest BCUT2D eigenvalue weighted by molar-refractivity contribution is -0.113. The molecule has 9 nitrogen and oxygen atoms in total. The van der Waals surface area contributed by atoms with Crippen LogP contribution in [0.4, 0.5) is 11.6 Å². The fourth-order valence-electron chi connectivity index (χ4n) is 3.06. The van der Waals surface area contributed by atoms with Gasteiger partial charge in [0, 0.05) is 5.70 Å². The van der Waals surface area contributed by atoms with Crippen molar-refractivity contribution in [3.63, 3.8) is 0 Å². The molecule has 1 aromatic carbocycles. The maximum absolute atomic E-state index is 13.2. The van der Waals surface area contributed by atoms with Crippen molar-refractivity contribution in [3.8, 4) is 5.75 Å². The number of carbonyl (C=O) groups is 1. The van der Waals surface area contributed by atoms with Crippen molar-refractivity contribution >= 4 is 17.5 Å². The predicted molar refractivity (Wildman–Crippen MR) is 97.2 cm³/mol. The summed E-state index contributed by atoms with van der Waals surface area (Å²) in [4.78, 5) is 13.2. The first-order valence-corrected chi connectivity index (χ1v) is 8.51. The van der Waals surface area contributed by atoms with E-state index in [0.717, 1.165) is 0 Å². The Morgan fingerprint density at radius 2 is 2.19 bits per heavy atom. The molecule has 1 unspecified atom stereocenters. The number of ether oxygens (including phenoxy) is 1. The molecule has 9 heteroatoms. The number of benzene rings is 1. The van der Waals surface area contributed by atoms with E-state index in [0.29, 0.717) is 41.0 Å². The Hall–Kier alpha value is -3.62. The fourth-order valence-corrected chi connectivity index (χ4v) is 3.06. The second kappa shape index (κ2) is 6.94. The van der Waals surface area contributed by atoms with Crippen molar-refractivity contribution in [3.05, 3.63) is 59.7 Å². The number of para-hydroxylation sites is 2. The van der Waals surface area contributed by atoms with E-state index in [1.54, 1.807) is 31.4 Å². The first-order chi connectivity index (χ1) is 13.2. The lowest BCUT2D eigenvalue weighted by Gasteiger charge is -2.26. The second-order valence-electron chi connectivity index (χ2n) is 5.91. The lowest BCUT2D eigenvalue weighted by Crippen LogP contribution is -2.31. The summed E-state index contributed by atoms with van der Waals surface area (Å²) in [6, 6.07) is 10.3. The van der Waals surface area contributed by atoms with Crippen LogP contribution in [0.3, 0.4) is 0 Å². The van der Waals surface area contributed by atoms with Crippen LogP contribution in [-0.2, 0) is 4.79 Å². The van der Waals surface area contributed by atoms with Gasteiger partial charge in [-0.2, -0.15) is 4.68 Å². The van der Waals surface area contributed by atoms with E-state index in [1.165, 1.54) is 4.68 Å². The molecule has 3 aromatic rings. The summed E-state index contributed by atoms with van der Waals surface area (Å²) in [6.07, 6.45) is 1.55. The molecule has 0 spiro atoms. The molecular weight excluding hydrogens is 348 g/mol. The molecule has 2 N–H and O–H groups in total. The van der Waals surface area contributed by atoms with Crippen molar-refractivity contribution in [1.29, 1.82) is 0 Å². The second-order valence-corrected chi connectivity index (χ2v) is 5.91. The lowest BCUT2D eigenvalue weighted by atomic mass is 10.00. The van der Waals surface area contributed by atoms with Crippen LogP contribution in [0.25, 0.3) is 0 Å². The monoisotopic (exact) mass is 366 g/mol. The van der Waals surface area contributed by atoms with E-state index in [4.69, 9.17) is 9.15 Å². The maximum Gasteiger partial charge on any atom is 0.256 e. The van der Waals surface area contributed by atoms with Gasteiger partial charge in [0.05, 0.1) is 24.1 Å².